The molecule has 1 saturated heterocycles. The van der Waals surface area contributed by atoms with Crippen molar-refractivity contribution in [2.75, 3.05) is 26.0 Å². The van der Waals surface area contributed by atoms with Crippen molar-refractivity contribution in [3.05, 3.63) is 29.8 Å². The molecular formula is C17H23NO3S. The van der Waals surface area contributed by atoms with E-state index in [1.54, 1.807) is 16.7 Å². The molecule has 0 bridgehead atoms. The number of ether oxygens (including phenoxy) is 1. The average Bonchev–Trinajstić information content (AvgIpc) is 2.56. The number of benzene rings is 1. The molecule has 120 valence electrons. The van der Waals surface area contributed by atoms with Gasteiger partial charge < -0.3 is 9.64 Å². The predicted molar refractivity (Wildman–Crippen MR) is 87.9 cm³/mol. The van der Waals surface area contributed by atoms with Gasteiger partial charge in [0.1, 0.15) is 0 Å². The Balaban J connectivity index is 1.92. The van der Waals surface area contributed by atoms with Crippen LogP contribution in [0.2, 0.25) is 0 Å². The minimum absolute atomic E-state index is 0.0888. The van der Waals surface area contributed by atoms with E-state index in [-0.39, 0.29) is 17.8 Å². The minimum atomic E-state index is -0.177. The second-order valence-electron chi connectivity index (χ2n) is 5.46. The Kier molecular flexibility index (Phi) is 6.31. The SMILES string of the molecule is CCOC(=O)C1CCCN(C(=O)Cc2ccc(SC)cc2)C1. The molecule has 4 nitrogen and oxygen atoms in total. The standard InChI is InChI=1S/C17H23NO3S/c1-3-21-17(20)14-5-4-10-18(12-14)16(19)11-13-6-8-15(22-2)9-7-13/h6-9,14H,3-5,10-12H2,1-2H3. The number of hydrogen-bond donors (Lipinski definition) is 0. The summed E-state index contributed by atoms with van der Waals surface area (Å²) in [5, 5.41) is 0. The van der Waals surface area contributed by atoms with Gasteiger partial charge in [-0.15, -0.1) is 11.8 Å². The van der Waals surface area contributed by atoms with E-state index in [1.807, 2.05) is 37.4 Å². The van der Waals surface area contributed by atoms with Gasteiger partial charge in [-0.25, -0.2) is 0 Å². The Morgan fingerprint density at radius 1 is 1.32 bits per heavy atom. The first-order valence-corrected chi connectivity index (χ1v) is 8.93. The van der Waals surface area contributed by atoms with E-state index in [9.17, 15) is 9.59 Å². The number of piperidine rings is 1. The lowest BCUT2D eigenvalue weighted by atomic mass is 9.97. The molecule has 5 heteroatoms. The molecule has 1 atom stereocenters. The summed E-state index contributed by atoms with van der Waals surface area (Å²) in [4.78, 5) is 27.2. The molecule has 1 fully saturated rings. The summed E-state index contributed by atoms with van der Waals surface area (Å²) in [6, 6.07) is 8.06. The zero-order chi connectivity index (χ0) is 15.9. The smallest absolute Gasteiger partial charge is 0.310 e. The van der Waals surface area contributed by atoms with Gasteiger partial charge in [0.2, 0.25) is 5.91 Å². The molecule has 1 amide bonds. The molecule has 2 rings (SSSR count). The quantitative estimate of drug-likeness (QED) is 0.618. The third kappa shape index (κ3) is 4.50. The lowest BCUT2D eigenvalue weighted by Crippen LogP contribution is -2.43. The summed E-state index contributed by atoms with van der Waals surface area (Å²) in [6.07, 6.45) is 4.10. The largest absolute Gasteiger partial charge is 0.466 e. The van der Waals surface area contributed by atoms with Gasteiger partial charge >= 0.3 is 5.97 Å². The normalized spacial score (nSPS) is 18.1. The van der Waals surface area contributed by atoms with Gasteiger partial charge in [0.25, 0.3) is 0 Å². The van der Waals surface area contributed by atoms with E-state index in [1.165, 1.54) is 4.90 Å². The summed E-state index contributed by atoms with van der Waals surface area (Å²) in [7, 11) is 0. The Bertz CT molecular complexity index is 515. The van der Waals surface area contributed by atoms with Gasteiger partial charge in [-0.1, -0.05) is 12.1 Å². The highest BCUT2D eigenvalue weighted by Gasteiger charge is 2.29. The van der Waals surface area contributed by atoms with Gasteiger partial charge in [0.05, 0.1) is 18.9 Å². The predicted octanol–water partition coefficient (Wildman–Crippen LogP) is 2.75. The van der Waals surface area contributed by atoms with Crippen molar-refractivity contribution in [3.8, 4) is 0 Å². The molecule has 1 aliphatic heterocycles. The molecule has 1 aliphatic rings. The lowest BCUT2D eigenvalue weighted by molar-refractivity contribution is -0.151. The summed E-state index contributed by atoms with van der Waals surface area (Å²) in [6.45, 7) is 3.42. The van der Waals surface area contributed by atoms with Crippen molar-refractivity contribution in [2.45, 2.75) is 31.1 Å². The minimum Gasteiger partial charge on any atom is -0.466 e. The second kappa shape index (κ2) is 8.22. The fourth-order valence-corrected chi connectivity index (χ4v) is 3.09. The molecule has 0 radical (unpaired) electrons. The zero-order valence-electron chi connectivity index (χ0n) is 13.2. The van der Waals surface area contributed by atoms with Crippen molar-refractivity contribution < 1.29 is 14.3 Å². The number of likely N-dealkylation sites (tertiary alicyclic amines) is 1. The van der Waals surface area contributed by atoms with Crippen LogP contribution in [-0.2, 0) is 20.7 Å². The first kappa shape index (κ1) is 16.9. The molecule has 1 heterocycles. The van der Waals surface area contributed by atoms with Gasteiger partial charge in [-0.3, -0.25) is 9.59 Å². The summed E-state index contributed by atoms with van der Waals surface area (Å²) in [5.41, 5.74) is 1.01. The third-order valence-electron chi connectivity index (χ3n) is 3.91. The van der Waals surface area contributed by atoms with Gasteiger partial charge in [-0.2, -0.15) is 0 Å². The Morgan fingerprint density at radius 3 is 2.68 bits per heavy atom. The highest BCUT2D eigenvalue weighted by Crippen LogP contribution is 2.20. The van der Waals surface area contributed by atoms with Gasteiger partial charge in [-0.05, 0) is 43.7 Å². The van der Waals surface area contributed by atoms with E-state index in [4.69, 9.17) is 4.74 Å². The number of carbonyl (C=O) groups excluding carboxylic acids is 2. The lowest BCUT2D eigenvalue weighted by Gasteiger charge is -2.31. The molecular weight excluding hydrogens is 298 g/mol. The third-order valence-corrected chi connectivity index (χ3v) is 4.65. The highest BCUT2D eigenvalue weighted by molar-refractivity contribution is 7.98. The van der Waals surface area contributed by atoms with E-state index >= 15 is 0 Å². The average molecular weight is 321 g/mol. The summed E-state index contributed by atoms with van der Waals surface area (Å²) < 4.78 is 5.07. The van der Waals surface area contributed by atoms with Crippen molar-refractivity contribution in [1.29, 1.82) is 0 Å². The number of carbonyl (C=O) groups is 2. The number of amides is 1. The van der Waals surface area contributed by atoms with Gasteiger partial charge in [0, 0.05) is 18.0 Å². The summed E-state index contributed by atoms with van der Waals surface area (Å²) in [5.74, 6) is -0.258. The Labute approximate surface area is 136 Å². The van der Waals surface area contributed by atoms with E-state index in [2.05, 4.69) is 0 Å². The van der Waals surface area contributed by atoms with Crippen LogP contribution in [0.4, 0.5) is 0 Å². The van der Waals surface area contributed by atoms with Crippen LogP contribution in [-0.4, -0.2) is 42.7 Å². The molecule has 1 unspecified atom stereocenters. The van der Waals surface area contributed by atoms with E-state index < -0.39 is 0 Å². The zero-order valence-corrected chi connectivity index (χ0v) is 14.0. The number of hydrogen-bond acceptors (Lipinski definition) is 4. The number of nitrogens with zero attached hydrogens (tertiary/aromatic N) is 1. The maximum Gasteiger partial charge on any atom is 0.310 e. The first-order chi connectivity index (χ1) is 10.6. The maximum atomic E-state index is 12.4. The first-order valence-electron chi connectivity index (χ1n) is 7.71. The molecule has 1 aromatic carbocycles. The molecule has 1 aromatic rings. The van der Waals surface area contributed by atoms with Crippen LogP contribution in [0.5, 0.6) is 0 Å². The molecule has 0 saturated carbocycles. The number of thioether (sulfide) groups is 1. The van der Waals surface area contributed by atoms with Crippen LogP contribution < -0.4 is 0 Å². The monoisotopic (exact) mass is 321 g/mol. The van der Waals surface area contributed by atoms with Crippen LogP contribution in [0.25, 0.3) is 0 Å². The fraction of sp³-hybridized carbons (Fsp3) is 0.529. The van der Waals surface area contributed by atoms with Crippen LogP contribution in [0.15, 0.2) is 29.2 Å². The molecule has 0 spiro atoms. The topological polar surface area (TPSA) is 46.6 Å². The maximum absolute atomic E-state index is 12.4. The van der Waals surface area contributed by atoms with Crippen molar-refractivity contribution in [3.63, 3.8) is 0 Å². The van der Waals surface area contributed by atoms with Crippen LogP contribution in [0, 0.1) is 5.92 Å². The second-order valence-corrected chi connectivity index (χ2v) is 6.34. The van der Waals surface area contributed by atoms with Crippen molar-refractivity contribution in [2.24, 2.45) is 5.92 Å². The molecule has 22 heavy (non-hydrogen) atoms. The van der Waals surface area contributed by atoms with Crippen molar-refractivity contribution >= 4 is 23.6 Å². The Hall–Kier alpha value is -1.49. The molecule has 0 aromatic heterocycles. The van der Waals surface area contributed by atoms with Crippen molar-refractivity contribution in [1.82, 2.24) is 4.90 Å². The molecule has 0 N–H and O–H groups in total. The van der Waals surface area contributed by atoms with E-state index in [0.717, 1.165) is 24.9 Å². The van der Waals surface area contributed by atoms with E-state index in [0.29, 0.717) is 19.6 Å². The fourth-order valence-electron chi connectivity index (χ4n) is 2.69. The van der Waals surface area contributed by atoms with Crippen LogP contribution in [0.3, 0.4) is 0 Å². The van der Waals surface area contributed by atoms with Crippen LogP contribution >= 0.6 is 11.8 Å². The number of esters is 1. The molecule has 0 aliphatic carbocycles. The van der Waals surface area contributed by atoms with Crippen LogP contribution in [0.1, 0.15) is 25.3 Å². The highest BCUT2D eigenvalue weighted by atomic mass is 32.2. The summed E-state index contributed by atoms with van der Waals surface area (Å²) >= 11 is 1.69. The number of rotatable bonds is 5. The van der Waals surface area contributed by atoms with Gasteiger partial charge in [0.15, 0.2) is 0 Å². The Morgan fingerprint density at radius 2 is 2.05 bits per heavy atom.